The van der Waals surface area contributed by atoms with E-state index in [9.17, 15) is 8.42 Å². The molecule has 0 saturated heterocycles. The minimum absolute atomic E-state index is 0.0643. The number of pyridine rings is 1. The summed E-state index contributed by atoms with van der Waals surface area (Å²) in [5, 5.41) is 0. The summed E-state index contributed by atoms with van der Waals surface area (Å²) in [6, 6.07) is 8.89. The number of benzene rings is 1. The van der Waals surface area contributed by atoms with Crippen LogP contribution in [0.1, 0.15) is 36.8 Å². The summed E-state index contributed by atoms with van der Waals surface area (Å²) in [4.78, 5) is 4.46. The van der Waals surface area contributed by atoms with Crippen LogP contribution in [0.25, 0.3) is 0 Å². The first-order valence-corrected chi connectivity index (χ1v) is 10.6. The molecule has 0 atom stereocenters. The molecule has 1 aliphatic rings. The third kappa shape index (κ3) is 4.99. The Labute approximate surface area is 161 Å². The van der Waals surface area contributed by atoms with Gasteiger partial charge >= 0.3 is 0 Å². The second-order valence-corrected chi connectivity index (χ2v) is 8.72. The number of hydrogen-bond acceptors (Lipinski definition) is 5. The zero-order chi connectivity index (χ0) is 19.4. The molecule has 0 amide bonds. The topological polar surface area (TPSA) is 77.5 Å². The zero-order valence-corrected chi connectivity index (χ0v) is 16.8. The molecule has 0 spiro atoms. The van der Waals surface area contributed by atoms with Crippen LogP contribution in [-0.2, 0) is 10.0 Å². The predicted octanol–water partition coefficient (Wildman–Crippen LogP) is 3.38. The summed E-state index contributed by atoms with van der Waals surface area (Å²) in [6.45, 7) is 3.84. The van der Waals surface area contributed by atoms with Crippen molar-refractivity contribution >= 4 is 10.0 Å². The Bertz CT molecular complexity index is 873. The molecule has 3 rings (SSSR count). The van der Waals surface area contributed by atoms with Crippen LogP contribution >= 0.6 is 0 Å². The highest BCUT2D eigenvalue weighted by Gasteiger charge is 2.28. The van der Waals surface area contributed by atoms with Crippen LogP contribution in [0, 0.1) is 13.8 Å². The van der Waals surface area contributed by atoms with E-state index in [0.717, 1.165) is 36.8 Å². The van der Waals surface area contributed by atoms with E-state index in [-0.39, 0.29) is 17.0 Å². The molecule has 1 aromatic heterocycles. The Hall–Kier alpha value is -2.12. The van der Waals surface area contributed by atoms with Crippen LogP contribution in [-0.4, -0.2) is 32.7 Å². The van der Waals surface area contributed by atoms with Crippen LogP contribution in [0.15, 0.2) is 41.4 Å². The quantitative estimate of drug-likeness (QED) is 0.818. The van der Waals surface area contributed by atoms with Crippen LogP contribution in [0.5, 0.6) is 11.6 Å². The van der Waals surface area contributed by atoms with Crippen molar-refractivity contribution in [3.8, 4) is 11.6 Å². The Morgan fingerprint density at radius 1 is 1.04 bits per heavy atom. The van der Waals surface area contributed by atoms with Gasteiger partial charge in [-0.15, -0.1) is 0 Å². The van der Waals surface area contributed by atoms with Crippen molar-refractivity contribution in [2.75, 3.05) is 7.11 Å². The molecule has 27 heavy (non-hydrogen) atoms. The molecule has 6 nitrogen and oxygen atoms in total. The van der Waals surface area contributed by atoms with E-state index in [1.807, 2.05) is 32.0 Å². The molecule has 0 aliphatic heterocycles. The lowest BCUT2D eigenvalue weighted by Crippen LogP contribution is -2.39. The van der Waals surface area contributed by atoms with Gasteiger partial charge in [-0.25, -0.2) is 18.1 Å². The standard InChI is InChI=1S/C20H26N2O4S/c1-14-4-10-18(25-3)19(12-14)27(23,24)22-16-6-8-17(9-7-16)26-20-11-5-15(2)13-21-20/h4-5,10-13,16-17,22H,6-9H2,1-3H3. The van der Waals surface area contributed by atoms with Crippen molar-refractivity contribution in [1.82, 2.24) is 9.71 Å². The van der Waals surface area contributed by atoms with Gasteiger partial charge in [0.2, 0.25) is 15.9 Å². The number of hydrogen-bond donors (Lipinski definition) is 1. The predicted molar refractivity (Wildman–Crippen MR) is 104 cm³/mol. The summed E-state index contributed by atoms with van der Waals surface area (Å²) >= 11 is 0. The molecule has 0 unspecified atom stereocenters. The van der Waals surface area contributed by atoms with Crippen molar-refractivity contribution in [3.05, 3.63) is 47.7 Å². The molecule has 2 aromatic rings. The van der Waals surface area contributed by atoms with Gasteiger partial charge in [0.25, 0.3) is 0 Å². The second kappa shape index (κ2) is 8.27. The van der Waals surface area contributed by atoms with Gasteiger partial charge in [-0.1, -0.05) is 12.1 Å². The highest BCUT2D eigenvalue weighted by molar-refractivity contribution is 7.89. The normalized spacial score (nSPS) is 20.3. The minimum Gasteiger partial charge on any atom is -0.495 e. The molecule has 1 aromatic carbocycles. The van der Waals surface area contributed by atoms with Gasteiger partial charge in [0.05, 0.1) is 7.11 Å². The fraction of sp³-hybridized carbons (Fsp3) is 0.450. The average Bonchev–Trinajstić information content (AvgIpc) is 2.65. The van der Waals surface area contributed by atoms with E-state index < -0.39 is 10.0 Å². The highest BCUT2D eigenvalue weighted by atomic mass is 32.2. The second-order valence-electron chi connectivity index (χ2n) is 7.04. The molecule has 0 radical (unpaired) electrons. The van der Waals surface area contributed by atoms with E-state index in [4.69, 9.17) is 9.47 Å². The first kappa shape index (κ1) is 19.6. The van der Waals surface area contributed by atoms with Crippen molar-refractivity contribution < 1.29 is 17.9 Å². The van der Waals surface area contributed by atoms with Gasteiger partial charge in [0, 0.05) is 18.3 Å². The number of aromatic nitrogens is 1. The van der Waals surface area contributed by atoms with Crippen molar-refractivity contribution in [1.29, 1.82) is 0 Å². The summed E-state index contributed by atoms with van der Waals surface area (Å²) in [5.41, 5.74) is 1.96. The van der Waals surface area contributed by atoms with E-state index >= 15 is 0 Å². The van der Waals surface area contributed by atoms with E-state index in [0.29, 0.717) is 11.6 Å². The Balaban J connectivity index is 1.60. The number of nitrogens with one attached hydrogen (secondary N) is 1. The molecule has 7 heteroatoms. The van der Waals surface area contributed by atoms with Crippen molar-refractivity contribution in [2.24, 2.45) is 0 Å². The van der Waals surface area contributed by atoms with Gasteiger partial charge in [-0.05, 0) is 62.8 Å². The van der Waals surface area contributed by atoms with E-state index in [1.54, 1.807) is 18.3 Å². The van der Waals surface area contributed by atoms with Crippen LogP contribution < -0.4 is 14.2 Å². The Kier molecular flexibility index (Phi) is 6.01. The third-order valence-electron chi connectivity index (χ3n) is 4.78. The molecule has 1 saturated carbocycles. The van der Waals surface area contributed by atoms with Gasteiger partial charge in [-0.2, -0.15) is 0 Å². The largest absolute Gasteiger partial charge is 0.495 e. The minimum atomic E-state index is -3.63. The maximum Gasteiger partial charge on any atom is 0.244 e. The lowest BCUT2D eigenvalue weighted by molar-refractivity contribution is 0.138. The fourth-order valence-corrected chi connectivity index (χ4v) is 4.83. The Morgan fingerprint density at radius 2 is 1.74 bits per heavy atom. The maximum atomic E-state index is 12.8. The number of methoxy groups -OCH3 is 1. The number of rotatable bonds is 6. The summed E-state index contributed by atoms with van der Waals surface area (Å²) in [5.74, 6) is 0.977. The van der Waals surface area contributed by atoms with Crippen LogP contribution in [0.3, 0.4) is 0 Å². The monoisotopic (exact) mass is 390 g/mol. The van der Waals surface area contributed by atoms with Gasteiger partial charge in [0.1, 0.15) is 16.7 Å². The van der Waals surface area contributed by atoms with Crippen LogP contribution in [0.4, 0.5) is 0 Å². The number of sulfonamides is 1. The average molecular weight is 391 g/mol. The molecular weight excluding hydrogens is 364 g/mol. The summed E-state index contributed by atoms with van der Waals surface area (Å²) in [7, 11) is -2.16. The smallest absolute Gasteiger partial charge is 0.244 e. The maximum absolute atomic E-state index is 12.8. The number of aryl methyl sites for hydroxylation is 2. The molecule has 1 N–H and O–H groups in total. The van der Waals surface area contributed by atoms with Gasteiger partial charge in [0.15, 0.2) is 0 Å². The highest BCUT2D eigenvalue weighted by Crippen LogP contribution is 2.28. The van der Waals surface area contributed by atoms with Crippen molar-refractivity contribution in [3.63, 3.8) is 0 Å². The molecule has 1 fully saturated rings. The molecule has 1 heterocycles. The van der Waals surface area contributed by atoms with Gasteiger partial charge in [-0.3, -0.25) is 0 Å². The summed E-state index contributed by atoms with van der Waals surface area (Å²) in [6.07, 6.45) is 4.87. The molecule has 1 aliphatic carbocycles. The lowest BCUT2D eigenvalue weighted by Gasteiger charge is -2.29. The summed E-state index contributed by atoms with van der Waals surface area (Å²) < 4.78 is 39.6. The molecule has 0 bridgehead atoms. The van der Waals surface area contributed by atoms with E-state index in [2.05, 4.69) is 9.71 Å². The SMILES string of the molecule is COc1ccc(C)cc1S(=O)(=O)NC1CCC(Oc2ccc(C)cn2)CC1. The number of nitrogens with zero attached hydrogens (tertiary/aromatic N) is 1. The number of ether oxygens (including phenoxy) is 2. The van der Waals surface area contributed by atoms with Gasteiger partial charge < -0.3 is 9.47 Å². The van der Waals surface area contributed by atoms with Crippen LogP contribution in [0.2, 0.25) is 0 Å². The Morgan fingerprint density at radius 3 is 2.37 bits per heavy atom. The molecular formula is C20H26N2O4S. The van der Waals surface area contributed by atoms with E-state index in [1.165, 1.54) is 7.11 Å². The first-order chi connectivity index (χ1) is 12.9. The lowest BCUT2D eigenvalue weighted by atomic mass is 9.94. The fourth-order valence-electron chi connectivity index (χ4n) is 3.27. The van der Waals surface area contributed by atoms with Crippen molar-refractivity contribution in [2.45, 2.75) is 56.6 Å². The molecule has 146 valence electrons. The first-order valence-electron chi connectivity index (χ1n) is 9.13. The zero-order valence-electron chi connectivity index (χ0n) is 15.9. The third-order valence-corrected chi connectivity index (χ3v) is 6.32.